The van der Waals surface area contributed by atoms with Gasteiger partial charge in [-0.1, -0.05) is 0 Å². The lowest BCUT2D eigenvalue weighted by atomic mass is 10.1. The summed E-state index contributed by atoms with van der Waals surface area (Å²) in [6.45, 7) is 2.48. The van der Waals surface area contributed by atoms with Crippen LogP contribution in [0.2, 0.25) is 0 Å². The molecule has 0 unspecified atom stereocenters. The van der Waals surface area contributed by atoms with Crippen LogP contribution in [0.1, 0.15) is 15.9 Å². The molecule has 0 spiro atoms. The molecule has 4 aromatic rings. The smallest absolute Gasteiger partial charge is 0.378 e. The summed E-state index contributed by atoms with van der Waals surface area (Å²) in [7, 11) is 1.76. The minimum absolute atomic E-state index is 0.255. The molecule has 0 radical (unpaired) electrons. The Balaban J connectivity index is 1.54. The first-order chi connectivity index (χ1) is 16.8. The number of benzene rings is 2. The largest absolute Gasteiger partial charge is 0.416 e. The van der Waals surface area contributed by atoms with Gasteiger partial charge in [-0.05, 0) is 42.5 Å². The molecule has 3 N–H and O–H groups in total. The van der Waals surface area contributed by atoms with Gasteiger partial charge in [0.2, 0.25) is 0 Å². The monoisotopic (exact) mass is 489 g/mol. The molecule has 0 bridgehead atoms. The van der Waals surface area contributed by atoms with Crippen molar-refractivity contribution in [2.45, 2.75) is 6.18 Å². The van der Waals surface area contributed by atoms with Crippen LogP contribution in [0.25, 0.3) is 27.6 Å². The predicted octanol–water partition coefficient (Wildman–Crippen LogP) is 3.26. The van der Waals surface area contributed by atoms with E-state index in [-0.39, 0.29) is 5.91 Å². The Hall–Kier alpha value is -3.41. The fourth-order valence-corrected chi connectivity index (χ4v) is 3.84. The number of nitrogens with zero attached hydrogens (tertiary/aromatic N) is 3. The van der Waals surface area contributed by atoms with Gasteiger partial charge in [0, 0.05) is 48.4 Å². The van der Waals surface area contributed by atoms with Crippen LogP contribution in [0.4, 0.5) is 13.2 Å². The topological polar surface area (TPSA) is 96.3 Å². The van der Waals surface area contributed by atoms with Gasteiger partial charge in [0.05, 0.1) is 37.5 Å². The second-order valence-electron chi connectivity index (χ2n) is 7.92. The number of aromatic nitrogens is 3. The van der Waals surface area contributed by atoms with Crippen LogP contribution in [0.15, 0.2) is 48.7 Å². The molecule has 11 heteroatoms. The zero-order chi connectivity index (χ0) is 25.0. The molecule has 2 aromatic carbocycles. The van der Waals surface area contributed by atoms with Gasteiger partial charge in [-0.15, -0.1) is 0 Å². The van der Waals surface area contributed by atoms with Crippen molar-refractivity contribution < 1.29 is 27.4 Å². The van der Waals surface area contributed by atoms with E-state index in [9.17, 15) is 18.0 Å². The molecule has 0 fully saturated rings. The van der Waals surface area contributed by atoms with Crippen molar-refractivity contribution in [2.24, 2.45) is 12.8 Å². The Morgan fingerprint density at radius 2 is 1.74 bits per heavy atom. The van der Waals surface area contributed by atoms with Gasteiger partial charge >= 0.3 is 6.18 Å². The number of amides is 1. The number of halogens is 3. The van der Waals surface area contributed by atoms with Gasteiger partial charge in [-0.2, -0.15) is 18.3 Å². The number of ether oxygens (including phenoxy) is 2. The number of carbonyl (C=O) groups excluding carboxylic acids is 1. The Morgan fingerprint density at radius 1 is 1.03 bits per heavy atom. The molecule has 186 valence electrons. The lowest BCUT2D eigenvalue weighted by Crippen LogP contribution is -2.27. The highest BCUT2D eigenvalue weighted by Crippen LogP contribution is 2.34. The van der Waals surface area contributed by atoms with Crippen molar-refractivity contribution in [3.63, 3.8) is 0 Å². The predicted molar refractivity (Wildman–Crippen MR) is 126 cm³/mol. The van der Waals surface area contributed by atoms with Gasteiger partial charge in [0.15, 0.2) is 5.65 Å². The molecule has 35 heavy (non-hydrogen) atoms. The highest BCUT2D eigenvalue weighted by atomic mass is 19.4. The second-order valence-corrected chi connectivity index (χ2v) is 7.92. The molecule has 0 aliphatic rings. The van der Waals surface area contributed by atoms with Crippen molar-refractivity contribution in [3.05, 3.63) is 59.8 Å². The van der Waals surface area contributed by atoms with E-state index in [1.807, 2.05) is 6.20 Å². The number of nitrogens with two attached hydrogens (primary N) is 1. The summed E-state index contributed by atoms with van der Waals surface area (Å²) in [5.74, 6) is -0.255. The molecule has 8 nitrogen and oxygen atoms in total. The minimum atomic E-state index is -4.41. The summed E-state index contributed by atoms with van der Waals surface area (Å²) >= 11 is 0. The van der Waals surface area contributed by atoms with E-state index in [1.54, 1.807) is 34.5 Å². The van der Waals surface area contributed by atoms with E-state index >= 15 is 0 Å². The van der Waals surface area contributed by atoms with Crippen molar-refractivity contribution in [1.82, 2.24) is 19.7 Å². The molecule has 0 saturated carbocycles. The Bertz CT molecular complexity index is 1310. The average molecular weight is 489 g/mol. The molecule has 0 saturated heterocycles. The van der Waals surface area contributed by atoms with Gasteiger partial charge in [-0.25, -0.2) is 0 Å². The van der Waals surface area contributed by atoms with E-state index in [0.717, 1.165) is 28.4 Å². The molecule has 1 amide bonds. The normalized spacial score (nSPS) is 12.0. The third kappa shape index (κ3) is 5.47. The summed E-state index contributed by atoms with van der Waals surface area (Å²) in [6, 6.07) is 10.1. The third-order valence-corrected chi connectivity index (χ3v) is 5.43. The number of nitrogens with one attached hydrogen (secondary N) is 1. The van der Waals surface area contributed by atoms with Crippen LogP contribution in [-0.2, 0) is 22.7 Å². The first-order valence-electron chi connectivity index (χ1n) is 11.1. The first-order valence-corrected chi connectivity index (χ1v) is 11.1. The number of hydrogen-bond donors (Lipinski definition) is 2. The number of alkyl halides is 3. The number of carbonyl (C=O) groups is 1. The fraction of sp³-hybridized carbons (Fsp3) is 0.333. The molecular formula is C24H26F3N5O3. The van der Waals surface area contributed by atoms with E-state index in [4.69, 9.17) is 15.2 Å². The van der Waals surface area contributed by atoms with E-state index in [2.05, 4.69) is 10.4 Å². The summed E-state index contributed by atoms with van der Waals surface area (Å²) in [5.41, 5.74) is 6.94. The van der Waals surface area contributed by atoms with Crippen LogP contribution < -0.4 is 11.1 Å². The van der Waals surface area contributed by atoms with E-state index < -0.39 is 11.7 Å². The lowest BCUT2D eigenvalue weighted by molar-refractivity contribution is -0.137. The standard InChI is InChI=1S/C24H26F3N5O3/c1-31-15-20-19-14-16(23(33)29-9-11-35-13-12-34-10-8-28)2-7-21(19)32(22(20)30-31)18-5-3-17(4-6-18)24(25,26)27/h2-7,14-15H,8-13,28H2,1H3,(H,29,33). The van der Waals surface area contributed by atoms with Crippen LogP contribution >= 0.6 is 0 Å². The number of rotatable bonds is 10. The zero-order valence-corrected chi connectivity index (χ0v) is 19.1. The van der Waals surface area contributed by atoms with Crippen LogP contribution in [-0.4, -0.2) is 59.8 Å². The highest BCUT2D eigenvalue weighted by Gasteiger charge is 2.30. The maximum absolute atomic E-state index is 13.0. The van der Waals surface area contributed by atoms with Crippen LogP contribution in [0, 0.1) is 0 Å². The Labute approximate surface area is 199 Å². The number of hydrogen-bond acceptors (Lipinski definition) is 5. The SMILES string of the molecule is Cn1cc2c3cc(C(=O)NCCOCCOCCN)ccc3n(-c3ccc(C(F)(F)F)cc3)c2n1. The molecule has 0 atom stereocenters. The average Bonchev–Trinajstić information content (AvgIpc) is 3.34. The second kappa shape index (κ2) is 10.5. The molecule has 2 heterocycles. The van der Waals surface area contributed by atoms with E-state index in [0.29, 0.717) is 56.4 Å². The fourth-order valence-electron chi connectivity index (χ4n) is 3.84. The van der Waals surface area contributed by atoms with Crippen molar-refractivity contribution in [3.8, 4) is 5.69 Å². The Kier molecular flexibility index (Phi) is 7.39. The van der Waals surface area contributed by atoms with Crippen molar-refractivity contribution in [1.29, 1.82) is 0 Å². The number of fused-ring (bicyclic) bond motifs is 3. The summed E-state index contributed by atoms with van der Waals surface area (Å²) < 4.78 is 53.1. The highest BCUT2D eigenvalue weighted by molar-refractivity contribution is 6.10. The summed E-state index contributed by atoms with van der Waals surface area (Å²) in [4.78, 5) is 12.7. The molecular weight excluding hydrogens is 463 g/mol. The molecule has 0 aliphatic carbocycles. The first kappa shape index (κ1) is 24.7. The van der Waals surface area contributed by atoms with Crippen molar-refractivity contribution in [2.75, 3.05) is 39.5 Å². The maximum Gasteiger partial charge on any atom is 0.416 e. The minimum Gasteiger partial charge on any atom is -0.378 e. The van der Waals surface area contributed by atoms with Gasteiger partial charge in [-0.3, -0.25) is 14.0 Å². The number of aryl methyl sites for hydroxylation is 1. The van der Waals surface area contributed by atoms with Gasteiger partial charge in [0.1, 0.15) is 0 Å². The third-order valence-electron chi connectivity index (χ3n) is 5.43. The maximum atomic E-state index is 13.0. The summed E-state index contributed by atoms with van der Waals surface area (Å²) in [5, 5.41) is 8.87. The lowest BCUT2D eigenvalue weighted by Gasteiger charge is -2.10. The van der Waals surface area contributed by atoms with Crippen molar-refractivity contribution >= 4 is 27.8 Å². The zero-order valence-electron chi connectivity index (χ0n) is 19.1. The Morgan fingerprint density at radius 3 is 2.43 bits per heavy atom. The van der Waals surface area contributed by atoms with Gasteiger partial charge in [0.25, 0.3) is 5.91 Å². The molecule has 0 aliphatic heterocycles. The molecule has 4 rings (SSSR count). The summed E-state index contributed by atoms with van der Waals surface area (Å²) in [6.07, 6.45) is -2.59. The van der Waals surface area contributed by atoms with Gasteiger partial charge < -0.3 is 20.5 Å². The molecule has 2 aromatic heterocycles. The quantitative estimate of drug-likeness (QED) is 0.334. The van der Waals surface area contributed by atoms with Crippen LogP contribution in [0.3, 0.4) is 0 Å². The van der Waals surface area contributed by atoms with Crippen LogP contribution in [0.5, 0.6) is 0 Å². The van der Waals surface area contributed by atoms with E-state index in [1.165, 1.54) is 12.1 Å².